The van der Waals surface area contributed by atoms with Crippen LogP contribution < -0.4 is 0 Å². The summed E-state index contributed by atoms with van der Waals surface area (Å²) < 4.78 is 31.6. The summed E-state index contributed by atoms with van der Waals surface area (Å²) in [7, 11) is -4.67. The van der Waals surface area contributed by atoms with Crippen molar-refractivity contribution >= 4 is 85.0 Å². The van der Waals surface area contributed by atoms with E-state index in [1.165, 1.54) is 0 Å². The average molecular weight is 285 g/mol. The zero-order valence-electron chi connectivity index (χ0n) is 6.18. The Morgan fingerprint density at radius 1 is 0.929 bits per heavy atom. The summed E-state index contributed by atoms with van der Waals surface area (Å²) in [6.45, 7) is 0. The van der Waals surface area contributed by atoms with Gasteiger partial charge in [0.1, 0.15) is 0 Å². The summed E-state index contributed by atoms with van der Waals surface area (Å²) in [5, 5.41) is 1.43. The first-order valence-electron chi connectivity index (χ1n) is 2.90. The Morgan fingerprint density at radius 2 is 1.07 bits per heavy atom. The molecule has 0 unspecified atom stereocenters. The van der Waals surface area contributed by atoms with Gasteiger partial charge in [-0.05, 0) is 24.3 Å². The molecule has 1 rings (SSSR count). The number of rotatable bonds is 0. The minimum absolute atomic E-state index is 0. The molecule has 14 heavy (non-hydrogen) atoms. The van der Waals surface area contributed by atoms with Crippen LogP contribution in [-0.2, 0) is 10.4 Å². The molecular weight excluding hydrogens is 278 g/mol. The van der Waals surface area contributed by atoms with E-state index in [0.29, 0.717) is 0 Å². The van der Waals surface area contributed by atoms with Crippen molar-refractivity contribution in [1.82, 2.24) is 0 Å². The first-order chi connectivity index (χ1) is 5.79. The van der Waals surface area contributed by atoms with E-state index >= 15 is 0 Å². The van der Waals surface area contributed by atoms with Crippen molar-refractivity contribution in [3.05, 3.63) is 34.3 Å². The third kappa shape index (κ3) is 15.8. The second-order valence-electron chi connectivity index (χ2n) is 1.88. The Balaban J connectivity index is 0. The van der Waals surface area contributed by atoms with Crippen molar-refractivity contribution in [3.63, 3.8) is 0 Å². The minimum atomic E-state index is -4.67. The first-order valence-corrected chi connectivity index (χ1v) is 5.05. The van der Waals surface area contributed by atoms with Crippen LogP contribution in [0.3, 0.4) is 0 Å². The van der Waals surface area contributed by atoms with E-state index in [1.54, 1.807) is 24.3 Å². The Morgan fingerprint density at radius 3 is 1.21 bits per heavy atom. The topological polar surface area (TPSA) is 74.6 Å². The summed E-state index contributed by atoms with van der Waals surface area (Å²) in [6.07, 6.45) is 0. The van der Waals surface area contributed by atoms with Gasteiger partial charge in [0.05, 0.1) is 0 Å². The van der Waals surface area contributed by atoms with Gasteiger partial charge in [0.25, 0.3) is 0 Å². The summed E-state index contributed by atoms with van der Waals surface area (Å²) in [5.41, 5.74) is 0. The van der Waals surface area contributed by atoms with E-state index in [9.17, 15) is 0 Å². The molecule has 1 aromatic carbocycles. The number of halogens is 2. The Hall–Kier alpha value is 1.31. The third-order valence-corrected chi connectivity index (χ3v) is 1.31. The molecule has 0 bridgehead atoms. The Bertz CT molecular complexity index is 322. The van der Waals surface area contributed by atoms with Gasteiger partial charge in [-0.3, -0.25) is 9.11 Å². The average Bonchev–Trinajstić information content (AvgIpc) is 1.92. The molecule has 0 saturated heterocycles. The van der Waals surface area contributed by atoms with Gasteiger partial charge in [0.2, 0.25) is 0 Å². The summed E-state index contributed by atoms with van der Waals surface area (Å²) >= 11 is 11.1. The third-order valence-electron chi connectivity index (χ3n) is 0.804. The predicted molar refractivity (Wildman–Crippen MR) is 57.8 cm³/mol. The van der Waals surface area contributed by atoms with Crippen molar-refractivity contribution in [3.8, 4) is 0 Å². The number of hydrogen-bond acceptors (Lipinski definition) is 2. The molecule has 0 fully saturated rings. The van der Waals surface area contributed by atoms with Gasteiger partial charge >= 0.3 is 61.8 Å². The van der Waals surface area contributed by atoms with Crippen LogP contribution in [-0.4, -0.2) is 68.9 Å². The summed E-state index contributed by atoms with van der Waals surface area (Å²) in [5.74, 6) is 0. The van der Waals surface area contributed by atoms with Gasteiger partial charge in [-0.2, -0.15) is 8.42 Å². The second-order valence-corrected chi connectivity index (χ2v) is 3.65. The molecule has 0 radical (unpaired) electrons. The molecule has 8 heteroatoms. The van der Waals surface area contributed by atoms with E-state index in [-0.39, 0.29) is 51.4 Å². The number of benzene rings is 1. The van der Waals surface area contributed by atoms with Crippen molar-refractivity contribution in [2.24, 2.45) is 0 Å². The van der Waals surface area contributed by atoms with E-state index in [4.69, 9.17) is 40.7 Å². The van der Waals surface area contributed by atoms with Crippen LogP contribution in [0.1, 0.15) is 0 Å². The zero-order valence-corrected chi connectivity index (χ0v) is 8.51. The monoisotopic (exact) mass is 284 g/mol. The van der Waals surface area contributed by atoms with Crippen molar-refractivity contribution < 1.29 is 17.5 Å². The predicted octanol–water partition coefficient (Wildman–Crippen LogP) is 1.69. The van der Waals surface area contributed by atoms with Gasteiger partial charge in [-0.25, -0.2) is 0 Å². The van der Waals surface area contributed by atoms with Crippen LogP contribution in [0.25, 0.3) is 0 Å². The fraction of sp³-hybridized carbons (Fsp3) is 0. The van der Waals surface area contributed by atoms with E-state index in [0.717, 1.165) is 10.0 Å². The fourth-order valence-corrected chi connectivity index (χ4v) is 0.682. The Kier molecular flexibility index (Phi) is 10.7. The molecule has 0 atom stereocenters. The van der Waals surface area contributed by atoms with E-state index in [1.807, 2.05) is 0 Å². The molecule has 0 saturated carbocycles. The SMILES string of the molecule is Clc1ccc(Cl)cc1.O=S(=O)(O)O.[KH]. The molecule has 0 heterocycles. The van der Waals surface area contributed by atoms with Gasteiger partial charge in [-0.15, -0.1) is 0 Å². The molecule has 4 nitrogen and oxygen atoms in total. The standard InChI is InChI=1S/C6H4Cl2.K.H2O4S.H/c7-5-1-2-6(8)4-3-5;;1-5(2,3)4;/h1-4H;;(H2,1,2,3,4);. The molecule has 1 aromatic rings. The fourth-order valence-electron chi connectivity index (χ4n) is 0.430. The van der Waals surface area contributed by atoms with Crippen molar-refractivity contribution in [2.45, 2.75) is 0 Å². The normalized spacial score (nSPS) is 9.43. The second kappa shape index (κ2) is 8.46. The van der Waals surface area contributed by atoms with Gasteiger partial charge in [-0.1, -0.05) is 23.2 Å². The molecule has 0 amide bonds. The van der Waals surface area contributed by atoms with Gasteiger partial charge < -0.3 is 0 Å². The zero-order chi connectivity index (χ0) is 10.5. The summed E-state index contributed by atoms with van der Waals surface area (Å²) in [4.78, 5) is 0. The molecular formula is C6H7Cl2KO4S. The van der Waals surface area contributed by atoms with Crippen LogP contribution in [0.15, 0.2) is 24.3 Å². The van der Waals surface area contributed by atoms with Gasteiger partial charge in [0.15, 0.2) is 0 Å². The molecule has 76 valence electrons. The molecule has 0 aliphatic rings. The van der Waals surface area contributed by atoms with Crippen LogP contribution >= 0.6 is 23.2 Å². The van der Waals surface area contributed by atoms with Crippen LogP contribution in [0.5, 0.6) is 0 Å². The molecule has 0 aliphatic carbocycles. The number of hydrogen-bond donors (Lipinski definition) is 2. The first kappa shape index (κ1) is 17.7. The quantitative estimate of drug-likeness (QED) is 0.562. The van der Waals surface area contributed by atoms with Crippen LogP contribution in [0.4, 0.5) is 0 Å². The van der Waals surface area contributed by atoms with Gasteiger partial charge in [0, 0.05) is 10.0 Å². The summed E-state index contributed by atoms with van der Waals surface area (Å²) in [6, 6.07) is 7.02. The molecule has 2 N–H and O–H groups in total. The molecule has 0 aliphatic heterocycles. The van der Waals surface area contributed by atoms with E-state index in [2.05, 4.69) is 0 Å². The maximum atomic E-state index is 8.74. The van der Waals surface area contributed by atoms with Crippen molar-refractivity contribution in [2.75, 3.05) is 0 Å². The van der Waals surface area contributed by atoms with Crippen LogP contribution in [0.2, 0.25) is 10.0 Å². The van der Waals surface area contributed by atoms with Crippen LogP contribution in [0, 0.1) is 0 Å². The maximum absolute atomic E-state index is 8.74. The molecule has 0 spiro atoms. The molecule has 0 aromatic heterocycles. The van der Waals surface area contributed by atoms with Crippen molar-refractivity contribution in [1.29, 1.82) is 0 Å². The van der Waals surface area contributed by atoms with E-state index < -0.39 is 10.4 Å². The Labute approximate surface area is 135 Å².